The predicted octanol–water partition coefficient (Wildman–Crippen LogP) is 6.64. The Balaban J connectivity index is 1.57. The Labute approximate surface area is 166 Å². The van der Waals surface area contributed by atoms with Gasteiger partial charge in [-0.3, -0.25) is 4.79 Å². The lowest BCUT2D eigenvalue weighted by atomic mass is 9.85. The fourth-order valence-corrected chi connectivity index (χ4v) is 5.34. The van der Waals surface area contributed by atoms with Gasteiger partial charge in [-0.25, -0.2) is 0 Å². The Bertz CT molecular complexity index is 707. The van der Waals surface area contributed by atoms with Crippen LogP contribution in [0.3, 0.4) is 0 Å². The molecule has 140 valence electrons. The Kier molecular flexibility index (Phi) is 6.94. The maximum Gasteiger partial charge on any atom is 0.137 e. The lowest BCUT2D eigenvalue weighted by Gasteiger charge is -2.21. The molecule has 1 nitrogen and oxygen atoms in total. The van der Waals surface area contributed by atoms with Gasteiger partial charge >= 0.3 is 0 Å². The lowest BCUT2D eigenvalue weighted by Crippen LogP contribution is -2.19. The molecule has 1 heterocycles. The number of aryl methyl sites for hydroxylation is 2. The molecule has 0 bridgehead atoms. The molecule has 3 heteroatoms. The minimum atomic E-state index is 0.0162. The molecule has 3 rings (SSSR count). The molecule has 1 aliphatic carbocycles. The maximum absolute atomic E-state index is 12.5. The molecular weight excluding hydrogens is 360 g/mol. The van der Waals surface area contributed by atoms with Gasteiger partial charge in [-0.15, -0.1) is 22.9 Å². The van der Waals surface area contributed by atoms with Crippen LogP contribution >= 0.6 is 22.9 Å². The number of thiophene rings is 1. The first-order chi connectivity index (χ1) is 12.5. The highest BCUT2D eigenvalue weighted by atomic mass is 35.5. The van der Waals surface area contributed by atoms with Crippen molar-refractivity contribution in [2.75, 3.05) is 0 Å². The summed E-state index contributed by atoms with van der Waals surface area (Å²) in [4.78, 5) is 13.9. The second kappa shape index (κ2) is 9.19. The van der Waals surface area contributed by atoms with Crippen molar-refractivity contribution in [2.24, 2.45) is 11.8 Å². The molecule has 0 spiro atoms. The molecule has 1 fully saturated rings. The Hall–Kier alpha value is -1.12. The van der Waals surface area contributed by atoms with Crippen LogP contribution in [0.4, 0.5) is 0 Å². The van der Waals surface area contributed by atoms with Crippen molar-refractivity contribution < 1.29 is 4.79 Å². The van der Waals surface area contributed by atoms with Crippen molar-refractivity contribution in [1.29, 1.82) is 0 Å². The molecule has 3 atom stereocenters. The van der Waals surface area contributed by atoms with Crippen LogP contribution in [0, 0.1) is 11.8 Å². The van der Waals surface area contributed by atoms with Crippen LogP contribution in [-0.4, -0.2) is 11.2 Å². The summed E-state index contributed by atoms with van der Waals surface area (Å²) in [5.74, 6) is 1.42. The van der Waals surface area contributed by atoms with Crippen LogP contribution in [0.1, 0.15) is 61.5 Å². The molecule has 0 N–H and O–H groups in total. The SMILES string of the molecule is CC(C)c1cccc(CC[C@H]2C(Cl)CC(=O)[C@@H]2CCCc2cccs2)c1. The van der Waals surface area contributed by atoms with E-state index < -0.39 is 0 Å². The van der Waals surface area contributed by atoms with Crippen LogP contribution < -0.4 is 0 Å². The Morgan fingerprint density at radius 2 is 2.00 bits per heavy atom. The number of carbonyl (C=O) groups is 1. The monoisotopic (exact) mass is 388 g/mol. The van der Waals surface area contributed by atoms with Crippen molar-refractivity contribution >= 4 is 28.7 Å². The third-order valence-electron chi connectivity index (χ3n) is 5.69. The van der Waals surface area contributed by atoms with E-state index >= 15 is 0 Å². The van der Waals surface area contributed by atoms with Gasteiger partial charge in [0, 0.05) is 22.6 Å². The third-order valence-corrected chi connectivity index (χ3v) is 7.11. The molecule has 1 unspecified atom stereocenters. The van der Waals surface area contributed by atoms with Gasteiger partial charge < -0.3 is 0 Å². The summed E-state index contributed by atoms with van der Waals surface area (Å²) in [5, 5.41) is 2.14. The first kappa shape index (κ1) is 19.6. The minimum Gasteiger partial charge on any atom is -0.299 e. The highest BCUT2D eigenvalue weighted by molar-refractivity contribution is 7.09. The van der Waals surface area contributed by atoms with Crippen LogP contribution in [-0.2, 0) is 17.6 Å². The zero-order chi connectivity index (χ0) is 18.5. The number of hydrogen-bond donors (Lipinski definition) is 0. The van der Waals surface area contributed by atoms with Crippen molar-refractivity contribution in [3.05, 3.63) is 57.8 Å². The van der Waals surface area contributed by atoms with Gasteiger partial charge in [0.15, 0.2) is 0 Å². The first-order valence-corrected chi connectivity index (χ1v) is 11.1. The summed E-state index contributed by atoms with van der Waals surface area (Å²) in [6.45, 7) is 4.46. The average Bonchev–Trinajstić information content (AvgIpc) is 3.22. The number of benzene rings is 1. The van der Waals surface area contributed by atoms with Crippen LogP contribution in [0.5, 0.6) is 0 Å². The molecule has 26 heavy (non-hydrogen) atoms. The lowest BCUT2D eigenvalue weighted by molar-refractivity contribution is -0.121. The van der Waals surface area contributed by atoms with Gasteiger partial charge in [0.1, 0.15) is 5.78 Å². The average molecular weight is 389 g/mol. The molecule has 2 aromatic rings. The number of ketones is 1. The molecule has 0 amide bonds. The normalized spacial score (nSPS) is 23.1. The molecule has 1 aliphatic rings. The summed E-state index contributed by atoms with van der Waals surface area (Å²) in [6, 6.07) is 13.2. The van der Waals surface area contributed by atoms with E-state index in [4.69, 9.17) is 11.6 Å². The Morgan fingerprint density at radius 3 is 2.73 bits per heavy atom. The number of Topliss-reactive ketones (excluding diaryl/α,β-unsaturated/α-hetero) is 1. The highest BCUT2D eigenvalue weighted by Gasteiger charge is 2.40. The summed E-state index contributed by atoms with van der Waals surface area (Å²) in [6.07, 6.45) is 5.74. The summed E-state index contributed by atoms with van der Waals surface area (Å²) >= 11 is 8.38. The fourth-order valence-electron chi connectivity index (χ4n) is 4.13. The number of hydrogen-bond acceptors (Lipinski definition) is 2. The number of halogens is 1. The first-order valence-electron chi connectivity index (χ1n) is 9.82. The van der Waals surface area contributed by atoms with Gasteiger partial charge in [0.05, 0.1) is 0 Å². The van der Waals surface area contributed by atoms with Crippen molar-refractivity contribution in [1.82, 2.24) is 0 Å². The van der Waals surface area contributed by atoms with E-state index in [-0.39, 0.29) is 11.3 Å². The molecule has 1 aromatic carbocycles. The largest absolute Gasteiger partial charge is 0.299 e. The molecule has 1 saturated carbocycles. The van der Waals surface area contributed by atoms with E-state index in [0.29, 0.717) is 24.0 Å². The van der Waals surface area contributed by atoms with Crippen molar-refractivity contribution in [3.8, 4) is 0 Å². The number of rotatable bonds is 8. The molecule has 0 aliphatic heterocycles. The van der Waals surface area contributed by atoms with Crippen molar-refractivity contribution in [3.63, 3.8) is 0 Å². The highest BCUT2D eigenvalue weighted by Crippen LogP contribution is 2.39. The van der Waals surface area contributed by atoms with Crippen LogP contribution in [0.15, 0.2) is 41.8 Å². The Morgan fingerprint density at radius 1 is 1.15 bits per heavy atom. The van der Waals surface area contributed by atoms with Gasteiger partial charge in [-0.2, -0.15) is 0 Å². The van der Waals surface area contributed by atoms with Crippen LogP contribution in [0.2, 0.25) is 0 Å². The van der Waals surface area contributed by atoms with E-state index in [9.17, 15) is 4.79 Å². The van der Waals surface area contributed by atoms with E-state index in [1.54, 1.807) is 0 Å². The third kappa shape index (κ3) is 4.98. The maximum atomic E-state index is 12.5. The van der Waals surface area contributed by atoms with Gasteiger partial charge in [0.25, 0.3) is 0 Å². The van der Waals surface area contributed by atoms with Crippen molar-refractivity contribution in [2.45, 2.75) is 63.7 Å². The molecular formula is C23H29ClOS. The number of carbonyl (C=O) groups excluding carboxylic acids is 1. The predicted molar refractivity (Wildman–Crippen MR) is 112 cm³/mol. The quantitative estimate of drug-likeness (QED) is 0.463. The smallest absolute Gasteiger partial charge is 0.137 e. The topological polar surface area (TPSA) is 17.1 Å². The van der Waals surface area contributed by atoms with E-state index in [1.165, 1.54) is 16.0 Å². The fraction of sp³-hybridized carbons (Fsp3) is 0.522. The van der Waals surface area contributed by atoms with E-state index in [2.05, 4.69) is 55.6 Å². The summed E-state index contributed by atoms with van der Waals surface area (Å²) in [7, 11) is 0. The zero-order valence-corrected chi connectivity index (χ0v) is 17.4. The molecule has 1 aromatic heterocycles. The van der Waals surface area contributed by atoms with Crippen LogP contribution in [0.25, 0.3) is 0 Å². The van der Waals surface area contributed by atoms with E-state index in [0.717, 1.165) is 32.1 Å². The summed E-state index contributed by atoms with van der Waals surface area (Å²) in [5.41, 5.74) is 2.76. The number of alkyl halides is 1. The zero-order valence-electron chi connectivity index (χ0n) is 15.8. The summed E-state index contributed by atoms with van der Waals surface area (Å²) < 4.78 is 0. The molecule has 0 radical (unpaired) electrons. The molecule has 0 saturated heterocycles. The van der Waals surface area contributed by atoms with E-state index in [1.807, 2.05) is 11.3 Å². The van der Waals surface area contributed by atoms with Gasteiger partial charge in [0.2, 0.25) is 0 Å². The standard InChI is InChI=1S/C23H29ClOS/c1-16(2)18-7-3-6-17(14-18)11-12-20-21(23(25)15-22(20)24)10-4-8-19-9-5-13-26-19/h3,5-7,9,13-14,16,20-22H,4,8,10-12,15H2,1-2H3/t20-,21-,22?/m1/s1. The minimum absolute atomic E-state index is 0.0162. The second-order valence-electron chi connectivity index (χ2n) is 7.87. The second-order valence-corrected chi connectivity index (χ2v) is 9.46. The van der Waals surface area contributed by atoms with Gasteiger partial charge in [-0.1, -0.05) is 44.2 Å². The van der Waals surface area contributed by atoms with Gasteiger partial charge in [-0.05, 0) is 66.5 Å².